The van der Waals surface area contributed by atoms with Gasteiger partial charge in [0.05, 0.1) is 19.4 Å². The van der Waals surface area contributed by atoms with Crippen LogP contribution in [0.2, 0.25) is 0 Å². The van der Waals surface area contributed by atoms with Crippen molar-refractivity contribution < 1.29 is 28.6 Å². The van der Waals surface area contributed by atoms with Crippen molar-refractivity contribution in [3.8, 4) is 6.07 Å². The third-order valence-electron chi connectivity index (χ3n) is 4.69. The Morgan fingerprint density at radius 3 is 2.69 bits per heavy atom. The number of benzene rings is 1. The number of fused-ring (bicyclic) bond motifs is 2. The molecule has 0 aromatic heterocycles. The Bertz CT molecular complexity index is 1050. The van der Waals surface area contributed by atoms with Crippen LogP contribution in [-0.4, -0.2) is 31.7 Å². The monoisotopic (exact) mass is 461 g/mol. The van der Waals surface area contributed by atoms with Gasteiger partial charge in [-0.05, 0) is 32.0 Å². The van der Waals surface area contributed by atoms with E-state index < -0.39 is 23.4 Å². The average Bonchev–Trinajstić information content (AvgIpc) is 2.90. The summed E-state index contributed by atoms with van der Waals surface area (Å²) in [5.74, 6) is -2.14. The third-order valence-corrected chi connectivity index (χ3v) is 5.18. The van der Waals surface area contributed by atoms with E-state index in [1.807, 2.05) is 6.07 Å². The van der Waals surface area contributed by atoms with Gasteiger partial charge < -0.3 is 19.9 Å². The molecule has 0 aliphatic carbocycles. The fraction of sp³-hybridized carbons (Fsp3) is 0.263. The zero-order chi connectivity index (χ0) is 21.5. The first kappa shape index (κ1) is 20.4. The predicted octanol–water partition coefficient (Wildman–Crippen LogP) is 2.36. The lowest BCUT2D eigenvalue weighted by Gasteiger charge is -2.34. The highest BCUT2D eigenvalue weighted by Crippen LogP contribution is 2.54. The number of ether oxygens (including phenoxy) is 3. The van der Waals surface area contributed by atoms with Crippen LogP contribution in [0.15, 0.2) is 45.5 Å². The van der Waals surface area contributed by atoms with Crippen molar-refractivity contribution in [2.24, 2.45) is 5.73 Å². The molecule has 1 aromatic carbocycles. The van der Waals surface area contributed by atoms with E-state index in [0.717, 1.165) is 12.0 Å². The number of allylic oxidation sites excluding steroid dienone is 1. The van der Waals surface area contributed by atoms with Crippen LogP contribution in [0.25, 0.3) is 0 Å². The van der Waals surface area contributed by atoms with Crippen LogP contribution in [0.4, 0.5) is 10.5 Å². The number of nitrogens with two attached hydrogens (primary N) is 1. The van der Waals surface area contributed by atoms with Gasteiger partial charge in [-0.1, -0.05) is 15.9 Å². The van der Waals surface area contributed by atoms with E-state index in [2.05, 4.69) is 15.9 Å². The Labute approximate surface area is 174 Å². The molecule has 2 amide bonds. The quantitative estimate of drug-likeness (QED) is 0.663. The van der Waals surface area contributed by atoms with E-state index in [4.69, 9.17) is 19.9 Å². The van der Waals surface area contributed by atoms with Crippen molar-refractivity contribution >= 4 is 39.6 Å². The molecule has 0 saturated heterocycles. The molecular formula is C19H16BrN3O6. The second kappa shape index (κ2) is 7.25. The van der Waals surface area contributed by atoms with Crippen LogP contribution in [0, 0.1) is 11.3 Å². The minimum atomic E-state index is -2.01. The fourth-order valence-electron chi connectivity index (χ4n) is 3.63. The summed E-state index contributed by atoms with van der Waals surface area (Å²) in [7, 11) is 1.13. The summed E-state index contributed by atoms with van der Waals surface area (Å²) in [5, 5.41) is 9.85. The zero-order valence-electron chi connectivity index (χ0n) is 15.7. The van der Waals surface area contributed by atoms with Crippen molar-refractivity contribution in [3.05, 3.63) is 51.0 Å². The number of anilines is 1. The average molecular weight is 462 g/mol. The predicted molar refractivity (Wildman–Crippen MR) is 103 cm³/mol. The van der Waals surface area contributed by atoms with Gasteiger partial charge in [0.2, 0.25) is 5.88 Å². The second-order valence-electron chi connectivity index (χ2n) is 6.13. The van der Waals surface area contributed by atoms with Gasteiger partial charge in [-0.3, -0.25) is 4.79 Å². The number of esters is 1. The number of nitrogens with zero attached hydrogens (tertiary/aromatic N) is 2. The first-order valence-corrected chi connectivity index (χ1v) is 9.24. The number of hydrogen-bond donors (Lipinski definition) is 1. The molecule has 0 radical (unpaired) electrons. The Balaban J connectivity index is 2.47. The SMILES string of the molecule is CCOC(=O)N1C(=O)C2(C(C#N)=C(N)OC(C)=C2C(=O)OC)c2cc(Br)ccc21. The Morgan fingerprint density at radius 2 is 2.10 bits per heavy atom. The van der Waals surface area contributed by atoms with Gasteiger partial charge in [-0.25, -0.2) is 14.5 Å². The molecule has 2 aliphatic heterocycles. The number of hydrogen-bond acceptors (Lipinski definition) is 8. The van der Waals surface area contributed by atoms with E-state index >= 15 is 0 Å². The molecule has 1 atom stereocenters. The molecule has 0 bridgehead atoms. The van der Waals surface area contributed by atoms with Crippen LogP contribution in [0.5, 0.6) is 0 Å². The molecule has 2 aliphatic rings. The maximum absolute atomic E-state index is 13.7. The molecule has 3 rings (SSSR count). The van der Waals surface area contributed by atoms with Gasteiger partial charge in [-0.2, -0.15) is 5.26 Å². The van der Waals surface area contributed by atoms with Gasteiger partial charge in [0.1, 0.15) is 23.0 Å². The molecule has 10 heteroatoms. The smallest absolute Gasteiger partial charge is 0.421 e. The number of carbonyl (C=O) groups is 3. The Hall–Kier alpha value is -3.32. The lowest BCUT2D eigenvalue weighted by molar-refractivity contribution is -0.138. The van der Waals surface area contributed by atoms with Crippen molar-refractivity contribution in [1.82, 2.24) is 0 Å². The lowest BCUT2D eigenvalue weighted by atomic mass is 9.68. The number of nitriles is 1. The third kappa shape index (κ3) is 2.69. The zero-order valence-corrected chi connectivity index (χ0v) is 17.3. The summed E-state index contributed by atoms with van der Waals surface area (Å²) in [6.45, 7) is 3.03. The Morgan fingerprint density at radius 1 is 1.41 bits per heavy atom. The van der Waals surface area contributed by atoms with Gasteiger partial charge in [-0.15, -0.1) is 0 Å². The second-order valence-corrected chi connectivity index (χ2v) is 7.04. The fourth-order valence-corrected chi connectivity index (χ4v) is 3.99. The van der Waals surface area contributed by atoms with Gasteiger partial charge in [0.25, 0.3) is 5.91 Å². The van der Waals surface area contributed by atoms with Crippen molar-refractivity contribution in [2.45, 2.75) is 19.3 Å². The highest BCUT2D eigenvalue weighted by atomic mass is 79.9. The number of imide groups is 1. The molecule has 9 nitrogen and oxygen atoms in total. The largest absolute Gasteiger partial charge is 0.466 e. The molecule has 29 heavy (non-hydrogen) atoms. The summed E-state index contributed by atoms with van der Waals surface area (Å²) in [4.78, 5) is 39.8. The van der Waals surface area contributed by atoms with E-state index in [1.165, 1.54) is 13.0 Å². The minimum Gasteiger partial charge on any atom is -0.466 e. The highest BCUT2D eigenvalue weighted by Gasteiger charge is 2.63. The number of methoxy groups -OCH3 is 1. The number of carbonyl (C=O) groups excluding carboxylic acids is 3. The first-order valence-electron chi connectivity index (χ1n) is 8.44. The maximum atomic E-state index is 13.7. The van der Waals surface area contributed by atoms with Crippen molar-refractivity contribution in [2.75, 3.05) is 18.6 Å². The van der Waals surface area contributed by atoms with Crippen LogP contribution < -0.4 is 10.6 Å². The molecule has 2 N–H and O–H groups in total. The molecule has 0 fully saturated rings. The summed E-state index contributed by atoms with van der Waals surface area (Å²) in [6.07, 6.45) is -0.942. The molecule has 150 valence electrons. The molecule has 2 heterocycles. The summed E-state index contributed by atoms with van der Waals surface area (Å²) in [5.41, 5.74) is 3.72. The maximum Gasteiger partial charge on any atom is 0.421 e. The van der Waals surface area contributed by atoms with Crippen LogP contribution in [-0.2, 0) is 29.2 Å². The first-order chi connectivity index (χ1) is 13.7. The van der Waals surface area contributed by atoms with E-state index in [-0.39, 0.29) is 40.6 Å². The van der Waals surface area contributed by atoms with Gasteiger partial charge in [0, 0.05) is 10.0 Å². The lowest BCUT2D eigenvalue weighted by Crippen LogP contribution is -2.50. The molecule has 0 saturated carbocycles. The minimum absolute atomic E-state index is 0.0154. The summed E-state index contributed by atoms with van der Waals surface area (Å²) in [6, 6.07) is 6.53. The van der Waals surface area contributed by atoms with Crippen LogP contribution in [0.1, 0.15) is 19.4 Å². The molecule has 1 unspecified atom stereocenters. The standard InChI is InChI=1S/C19H16BrN3O6/c1-4-28-18(26)23-13-6-5-10(20)7-11(13)19(17(23)25)12(8-21)15(22)29-9(2)14(19)16(24)27-3/h5-7H,4,22H2,1-3H3. The summed E-state index contributed by atoms with van der Waals surface area (Å²) >= 11 is 3.33. The van der Waals surface area contributed by atoms with Gasteiger partial charge in [0.15, 0.2) is 5.41 Å². The number of amides is 2. The molecular weight excluding hydrogens is 446 g/mol. The van der Waals surface area contributed by atoms with Crippen molar-refractivity contribution in [3.63, 3.8) is 0 Å². The van der Waals surface area contributed by atoms with E-state index in [1.54, 1.807) is 19.1 Å². The van der Waals surface area contributed by atoms with Gasteiger partial charge >= 0.3 is 12.1 Å². The highest BCUT2D eigenvalue weighted by molar-refractivity contribution is 9.10. The molecule has 1 spiro atoms. The normalized spacial score (nSPS) is 20.4. The van der Waals surface area contributed by atoms with Crippen LogP contribution >= 0.6 is 15.9 Å². The van der Waals surface area contributed by atoms with Crippen molar-refractivity contribution in [1.29, 1.82) is 5.26 Å². The number of halogens is 1. The molecule has 1 aromatic rings. The van der Waals surface area contributed by atoms with E-state index in [0.29, 0.717) is 4.47 Å². The topological polar surface area (TPSA) is 132 Å². The van der Waals surface area contributed by atoms with Crippen LogP contribution in [0.3, 0.4) is 0 Å². The van der Waals surface area contributed by atoms with E-state index in [9.17, 15) is 19.6 Å². The number of rotatable bonds is 2. The summed E-state index contributed by atoms with van der Waals surface area (Å²) < 4.78 is 15.8. The Kier molecular flexibility index (Phi) is 5.11.